The zero-order valence-corrected chi connectivity index (χ0v) is 7.34. The first-order valence-corrected chi connectivity index (χ1v) is 3.78. The third-order valence-electron chi connectivity index (χ3n) is 1.56. The molecule has 66 valence electrons. The van der Waals surface area contributed by atoms with E-state index in [1.165, 1.54) is 13.3 Å². The van der Waals surface area contributed by atoms with Gasteiger partial charge in [0.15, 0.2) is 6.04 Å². The maximum atomic E-state index is 11.0. The van der Waals surface area contributed by atoms with Crippen molar-refractivity contribution >= 4 is 23.8 Å². The minimum absolute atomic E-state index is 0.335. The van der Waals surface area contributed by atoms with Gasteiger partial charge in [-0.3, -0.25) is 4.99 Å². The number of ether oxygens (including phenoxy) is 1. The van der Waals surface area contributed by atoms with E-state index in [0.717, 1.165) is 0 Å². The molecule has 0 amide bonds. The summed E-state index contributed by atoms with van der Waals surface area (Å²) in [6, 6.07) is -0.530. The van der Waals surface area contributed by atoms with Crippen molar-refractivity contribution in [3.63, 3.8) is 0 Å². The second-order valence-corrected chi connectivity index (χ2v) is 2.80. The molecule has 1 aliphatic heterocycles. The lowest BCUT2D eigenvalue weighted by Crippen LogP contribution is -2.25. The summed E-state index contributed by atoms with van der Waals surface area (Å²) in [7, 11) is 1.31. The number of nitrogens with two attached hydrogens (primary N) is 1. The number of halogens is 1. The van der Waals surface area contributed by atoms with Crippen LogP contribution in [0, 0.1) is 0 Å². The second kappa shape index (κ2) is 3.58. The van der Waals surface area contributed by atoms with Crippen molar-refractivity contribution in [3.05, 3.63) is 10.7 Å². The number of carbonyl (C=O) groups is 1. The van der Waals surface area contributed by atoms with Gasteiger partial charge in [0.1, 0.15) is 0 Å². The predicted molar refractivity (Wildman–Crippen MR) is 46.0 cm³/mol. The van der Waals surface area contributed by atoms with Gasteiger partial charge >= 0.3 is 5.97 Å². The summed E-state index contributed by atoms with van der Waals surface area (Å²) in [6.45, 7) is 0. The summed E-state index contributed by atoms with van der Waals surface area (Å²) in [5, 5.41) is 0.398. The van der Waals surface area contributed by atoms with Crippen molar-refractivity contribution < 1.29 is 9.53 Å². The summed E-state index contributed by atoms with van der Waals surface area (Å²) < 4.78 is 4.50. The first-order chi connectivity index (χ1) is 5.65. The van der Waals surface area contributed by atoms with Crippen LogP contribution in [0.3, 0.4) is 0 Å². The van der Waals surface area contributed by atoms with Crippen LogP contribution in [-0.4, -0.2) is 25.3 Å². The molecule has 0 aromatic carbocycles. The molecular formula is C7H9ClN2O2. The normalized spacial score (nSPS) is 22.7. The Hall–Kier alpha value is -1.03. The van der Waals surface area contributed by atoms with Gasteiger partial charge in [-0.2, -0.15) is 0 Å². The van der Waals surface area contributed by atoms with Gasteiger partial charge in [0.25, 0.3) is 0 Å². The Morgan fingerprint density at radius 3 is 3.08 bits per heavy atom. The Morgan fingerprint density at radius 2 is 2.58 bits per heavy atom. The molecule has 0 aliphatic carbocycles. The van der Waals surface area contributed by atoms with Crippen LogP contribution in [0.2, 0.25) is 0 Å². The summed E-state index contributed by atoms with van der Waals surface area (Å²) in [4.78, 5) is 14.8. The minimum atomic E-state index is -0.530. The van der Waals surface area contributed by atoms with Crippen LogP contribution < -0.4 is 5.73 Å². The van der Waals surface area contributed by atoms with E-state index in [0.29, 0.717) is 17.2 Å². The monoisotopic (exact) mass is 188 g/mol. The molecule has 0 saturated heterocycles. The van der Waals surface area contributed by atoms with Crippen LogP contribution in [0.15, 0.2) is 15.7 Å². The maximum Gasteiger partial charge on any atom is 0.330 e. The zero-order chi connectivity index (χ0) is 9.14. The molecule has 1 atom stereocenters. The zero-order valence-electron chi connectivity index (χ0n) is 6.58. The van der Waals surface area contributed by atoms with Crippen LogP contribution in [0.4, 0.5) is 0 Å². The molecule has 0 aromatic heterocycles. The molecule has 5 heteroatoms. The number of allylic oxidation sites excluding steroid dienone is 1. The average Bonchev–Trinajstić information content (AvgIpc) is 2.08. The summed E-state index contributed by atoms with van der Waals surface area (Å²) in [5.74, 6) is -0.390. The fraction of sp³-hybridized carbons (Fsp3) is 0.429. The number of hydrogen-bond donors (Lipinski definition) is 1. The van der Waals surface area contributed by atoms with E-state index < -0.39 is 12.0 Å². The van der Waals surface area contributed by atoms with Crippen molar-refractivity contribution in [3.8, 4) is 0 Å². The molecule has 0 bridgehead atoms. The molecule has 1 aliphatic rings. The molecule has 0 saturated carbocycles. The Bertz CT molecular complexity index is 260. The molecule has 12 heavy (non-hydrogen) atoms. The van der Waals surface area contributed by atoms with Crippen LogP contribution in [0.25, 0.3) is 0 Å². The molecule has 0 radical (unpaired) electrons. The van der Waals surface area contributed by atoms with Gasteiger partial charge in [-0.1, -0.05) is 11.6 Å². The van der Waals surface area contributed by atoms with Gasteiger partial charge in [0, 0.05) is 18.3 Å². The quantitative estimate of drug-likeness (QED) is 0.607. The summed E-state index contributed by atoms with van der Waals surface area (Å²) in [6.07, 6.45) is 1.71. The Labute approximate surface area is 75.0 Å². The van der Waals surface area contributed by atoms with Gasteiger partial charge < -0.3 is 10.5 Å². The van der Waals surface area contributed by atoms with E-state index in [1.807, 2.05) is 0 Å². The van der Waals surface area contributed by atoms with Crippen molar-refractivity contribution in [2.75, 3.05) is 7.11 Å². The Morgan fingerprint density at radius 1 is 1.92 bits per heavy atom. The average molecular weight is 189 g/mol. The Balaban J connectivity index is 2.69. The van der Waals surface area contributed by atoms with E-state index in [2.05, 4.69) is 9.73 Å². The van der Waals surface area contributed by atoms with Crippen molar-refractivity contribution in [1.82, 2.24) is 0 Å². The molecule has 2 N–H and O–H groups in total. The van der Waals surface area contributed by atoms with Crippen LogP contribution >= 0.6 is 11.6 Å². The van der Waals surface area contributed by atoms with Gasteiger partial charge in [-0.25, -0.2) is 4.79 Å². The number of esters is 1. The fourth-order valence-electron chi connectivity index (χ4n) is 0.877. The molecule has 1 heterocycles. The highest BCUT2D eigenvalue weighted by molar-refractivity contribution is 6.39. The van der Waals surface area contributed by atoms with Gasteiger partial charge in [-0.15, -0.1) is 0 Å². The van der Waals surface area contributed by atoms with Gasteiger partial charge in [0.05, 0.1) is 12.1 Å². The number of aliphatic imine (C=N–C) groups is 1. The number of hydrogen-bond acceptors (Lipinski definition) is 4. The number of rotatable bonds is 1. The van der Waals surface area contributed by atoms with Crippen molar-refractivity contribution in [1.29, 1.82) is 0 Å². The highest BCUT2D eigenvalue weighted by Crippen LogP contribution is 2.16. The first-order valence-electron chi connectivity index (χ1n) is 3.40. The van der Waals surface area contributed by atoms with Gasteiger partial charge in [-0.05, 0) is 0 Å². The van der Waals surface area contributed by atoms with E-state index in [9.17, 15) is 4.79 Å². The number of carbonyl (C=O) groups excluding carboxylic acids is 1. The Kier molecular flexibility index (Phi) is 2.70. The molecule has 0 spiro atoms. The summed E-state index contributed by atoms with van der Waals surface area (Å²) >= 11 is 5.63. The fourth-order valence-corrected chi connectivity index (χ4v) is 1.01. The number of nitrogens with zero attached hydrogens (tertiary/aromatic N) is 1. The van der Waals surface area contributed by atoms with Crippen LogP contribution in [0.5, 0.6) is 0 Å². The maximum absolute atomic E-state index is 11.0. The number of dihydropyridines is 1. The highest BCUT2D eigenvalue weighted by atomic mass is 35.5. The third kappa shape index (κ3) is 1.76. The topological polar surface area (TPSA) is 64.7 Å². The molecule has 1 rings (SSSR count). The highest BCUT2D eigenvalue weighted by Gasteiger charge is 2.22. The van der Waals surface area contributed by atoms with Crippen LogP contribution in [0.1, 0.15) is 6.42 Å². The molecule has 0 aromatic rings. The molecular weight excluding hydrogens is 180 g/mol. The summed E-state index contributed by atoms with van der Waals surface area (Å²) in [5.41, 5.74) is 5.98. The van der Waals surface area contributed by atoms with Crippen LogP contribution in [-0.2, 0) is 9.53 Å². The van der Waals surface area contributed by atoms with E-state index in [-0.39, 0.29) is 0 Å². The minimum Gasteiger partial charge on any atom is -0.467 e. The van der Waals surface area contributed by atoms with E-state index in [1.54, 1.807) is 0 Å². The smallest absolute Gasteiger partial charge is 0.330 e. The van der Waals surface area contributed by atoms with Crippen molar-refractivity contribution in [2.45, 2.75) is 12.5 Å². The standard InChI is InChI=1S/C7H9ClN2O2/c1-12-7(11)6-2-5(9)4(8)3-10-6/h3,6H,2,9H2,1H3. The lowest BCUT2D eigenvalue weighted by molar-refractivity contribution is -0.142. The molecule has 0 fully saturated rings. The first kappa shape index (κ1) is 9.06. The van der Waals surface area contributed by atoms with E-state index >= 15 is 0 Å². The molecule has 1 unspecified atom stereocenters. The predicted octanol–water partition coefficient (Wildman–Crippen LogP) is 0.412. The van der Waals surface area contributed by atoms with Crippen molar-refractivity contribution in [2.24, 2.45) is 10.7 Å². The third-order valence-corrected chi connectivity index (χ3v) is 1.90. The number of methoxy groups -OCH3 is 1. The molecule has 4 nitrogen and oxygen atoms in total. The lowest BCUT2D eigenvalue weighted by Gasteiger charge is -2.14. The SMILES string of the molecule is COC(=O)C1CC(N)=C(Cl)C=N1. The lowest BCUT2D eigenvalue weighted by atomic mass is 10.1. The van der Waals surface area contributed by atoms with E-state index in [4.69, 9.17) is 17.3 Å². The second-order valence-electron chi connectivity index (χ2n) is 2.39. The van der Waals surface area contributed by atoms with Gasteiger partial charge in [0.2, 0.25) is 0 Å². The largest absolute Gasteiger partial charge is 0.467 e.